The monoisotopic (exact) mass is 314 g/mol. The van der Waals surface area contributed by atoms with E-state index in [1.165, 1.54) is 6.92 Å². The molecular weight excluding hydrogens is 296 g/mol. The number of halogens is 1. The van der Waals surface area contributed by atoms with Gasteiger partial charge in [-0.15, -0.1) is 0 Å². The summed E-state index contributed by atoms with van der Waals surface area (Å²) in [4.78, 5) is 10.9. The first-order valence-electron chi connectivity index (χ1n) is 5.83. The van der Waals surface area contributed by atoms with Crippen molar-refractivity contribution < 1.29 is 14.6 Å². The summed E-state index contributed by atoms with van der Waals surface area (Å²) in [6.07, 6.45) is -0.870. The fraction of sp³-hybridized carbons (Fsp3) is 0.500. The Morgan fingerprint density at radius 3 is 2.39 bits per heavy atom. The predicted molar refractivity (Wildman–Crippen MR) is 75.3 cm³/mol. The van der Waals surface area contributed by atoms with E-state index >= 15 is 0 Å². The number of hydrogen-bond donors (Lipinski definition) is 1. The molecular formula is C14H19BrO3. The first kappa shape index (κ1) is 15.0. The topological polar surface area (TPSA) is 46.5 Å². The van der Waals surface area contributed by atoms with E-state index in [1.807, 2.05) is 19.1 Å². The van der Waals surface area contributed by atoms with E-state index in [4.69, 9.17) is 9.84 Å². The maximum absolute atomic E-state index is 10.9. The van der Waals surface area contributed by atoms with Crippen molar-refractivity contribution in [2.24, 2.45) is 0 Å². The average Bonchev–Trinajstić information content (AvgIpc) is 2.19. The number of carbonyl (C=O) groups is 1. The van der Waals surface area contributed by atoms with Gasteiger partial charge in [0.15, 0.2) is 6.10 Å². The van der Waals surface area contributed by atoms with Crippen LogP contribution in [0, 0.1) is 6.92 Å². The van der Waals surface area contributed by atoms with Gasteiger partial charge in [0.25, 0.3) is 0 Å². The van der Waals surface area contributed by atoms with E-state index in [0.717, 1.165) is 15.6 Å². The summed E-state index contributed by atoms with van der Waals surface area (Å²) in [5.41, 5.74) is 2.01. The fourth-order valence-electron chi connectivity index (χ4n) is 1.63. The molecule has 0 amide bonds. The quantitative estimate of drug-likeness (QED) is 0.920. The van der Waals surface area contributed by atoms with Gasteiger partial charge in [-0.3, -0.25) is 0 Å². The molecule has 0 aliphatic rings. The second-order valence-electron chi connectivity index (χ2n) is 5.47. The molecule has 0 bridgehead atoms. The zero-order valence-corrected chi connectivity index (χ0v) is 13.0. The smallest absolute Gasteiger partial charge is 0.344 e. The van der Waals surface area contributed by atoms with Crippen LogP contribution in [0.2, 0.25) is 0 Å². The zero-order valence-electron chi connectivity index (χ0n) is 11.4. The van der Waals surface area contributed by atoms with Crippen LogP contribution in [0.25, 0.3) is 0 Å². The number of aryl methyl sites for hydroxylation is 1. The minimum atomic E-state index is -0.970. The minimum Gasteiger partial charge on any atom is -0.479 e. The van der Waals surface area contributed by atoms with Gasteiger partial charge in [-0.2, -0.15) is 0 Å². The molecule has 0 saturated heterocycles. The summed E-state index contributed by atoms with van der Waals surface area (Å²) >= 11 is 3.45. The van der Waals surface area contributed by atoms with Gasteiger partial charge in [0.2, 0.25) is 0 Å². The Balaban J connectivity index is 3.29. The van der Waals surface area contributed by atoms with Crippen molar-refractivity contribution in [2.75, 3.05) is 0 Å². The Kier molecular flexibility index (Phi) is 4.43. The van der Waals surface area contributed by atoms with E-state index in [1.54, 1.807) is 0 Å². The molecule has 1 aromatic rings. The molecule has 1 unspecified atom stereocenters. The van der Waals surface area contributed by atoms with Gasteiger partial charge < -0.3 is 9.84 Å². The molecule has 0 aliphatic carbocycles. The van der Waals surface area contributed by atoms with Crippen molar-refractivity contribution in [1.29, 1.82) is 0 Å². The van der Waals surface area contributed by atoms with E-state index in [9.17, 15) is 4.79 Å². The molecule has 0 radical (unpaired) electrons. The highest BCUT2D eigenvalue weighted by molar-refractivity contribution is 9.10. The highest BCUT2D eigenvalue weighted by Gasteiger charge is 2.24. The van der Waals surface area contributed by atoms with E-state index in [-0.39, 0.29) is 5.41 Å². The van der Waals surface area contributed by atoms with Crippen LogP contribution >= 0.6 is 15.9 Å². The highest BCUT2D eigenvalue weighted by atomic mass is 79.9. The number of aliphatic carboxylic acids is 1. The number of carboxylic acids is 1. The number of ether oxygens (including phenoxy) is 1. The molecule has 0 spiro atoms. The predicted octanol–water partition coefficient (Wildman–Crippen LogP) is 3.91. The van der Waals surface area contributed by atoms with Gasteiger partial charge in [0.05, 0.1) is 4.47 Å². The van der Waals surface area contributed by atoms with Crippen LogP contribution in [0.4, 0.5) is 0 Å². The Bertz CT molecular complexity index is 461. The Morgan fingerprint density at radius 1 is 1.39 bits per heavy atom. The third kappa shape index (κ3) is 3.48. The molecule has 3 nitrogen and oxygen atoms in total. The van der Waals surface area contributed by atoms with Crippen LogP contribution in [-0.2, 0) is 10.2 Å². The standard InChI is InChI=1S/C14H19BrO3/c1-8-6-10(14(3,4)5)12(11(15)7-8)18-9(2)13(16)17/h6-7,9H,1-5H3,(H,16,17). The Labute approximate surface area is 116 Å². The molecule has 1 aromatic carbocycles. The van der Waals surface area contributed by atoms with Crippen LogP contribution < -0.4 is 4.74 Å². The molecule has 4 heteroatoms. The average molecular weight is 315 g/mol. The van der Waals surface area contributed by atoms with Gasteiger partial charge in [-0.1, -0.05) is 26.8 Å². The lowest BCUT2D eigenvalue weighted by atomic mass is 9.85. The summed E-state index contributed by atoms with van der Waals surface area (Å²) < 4.78 is 6.36. The first-order chi connectivity index (χ1) is 8.12. The Morgan fingerprint density at radius 2 is 1.94 bits per heavy atom. The molecule has 0 aliphatic heterocycles. The first-order valence-corrected chi connectivity index (χ1v) is 6.62. The SMILES string of the molecule is Cc1cc(Br)c(OC(C)C(=O)O)c(C(C)(C)C)c1. The molecule has 1 rings (SSSR count). The molecule has 0 aromatic heterocycles. The number of hydrogen-bond acceptors (Lipinski definition) is 2. The van der Waals surface area contributed by atoms with Gasteiger partial charge in [0.1, 0.15) is 5.75 Å². The van der Waals surface area contributed by atoms with E-state index in [2.05, 4.69) is 36.7 Å². The number of carboxylic acid groups (broad SMARTS) is 1. The van der Waals surface area contributed by atoms with Gasteiger partial charge in [0, 0.05) is 5.56 Å². The van der Waals surface area contributed by atoms with Gasteiger partial charge in [-0.05, 0) is 46.8 Å². The molecule has 18 heavy (non-hydrogen) atoms. The summed E-state index contributed by atoms with van der Waals surface area (Å²) in [6, 6.07) is 3.97. The maximum Gasteiger partial charge on any atom is 0.344 e. The summed E-state index contributed by atoms with van der Waals surface area (Å²) in [5, 5.41) is 8.94. The van der Waals surface area contributed by atoms with Crippen LogP contribution in [-0.4, -0.2) is 17.2 Å². The summed E-state index contributed by atoms with van der Waals surface area (Å²) in [6.45, 7) is 9.76. The van der Waals surface area contributed by atoms with E-state index < -0.39 is 12.1 Å². The van der Waals surface area contributed by atoms with Crippen molar-refractivity contribution >= 4 is 21.9 Å². The largest absolute Gasteiger partial charge is 0.479 e. The zero-order chi connectivity index (χ0) is 14.1. The van der Waals surface area contributed by atoms with Crippen LogP contribution in [0.1, 0.15) is 38.8 Å². The van der Waals surface area contributed by atoms with Crippen LogP contribution in [0.15, 0.2) is 16.6 Å². The minimum absolute atomic E-state index is 0.109. The second kappa shape index (κ2) is 5.31. The summed E-state index contributed by atoms with van der Waals surface area (Å²) in [7, 11) is 0. The van der Waals surface area contributed by atoms with Crippen molar-refractivity contribution in [3.05, 3.63) is 27.7 Å². The van der Waals surface area contributed by atoms with E-state index in [0.29, 0.717) is 5.75 Å². The van der Waals surface area contributed by atoms with Gasteiger partial charge >= 0.3 is 5.97 Å². The van der Waals surface area contributed by atoms with Crippen molar-refractivity contribution in [1.82, 2.24) is 0 Å². The normalized spacial score (nSPS) is 13.2. The lowest BCUT2D eigenvalue weighted by Gasteiger charge is -2.25. The highest BCUT2D eigenvalue weighted by Crippen LogP contribution is 2.38. The van der Waals surface area contributed by atoms with Crippen molar-refractivity contribution in [3.8, 4) is 5.75 Å². The molecule has 1 atom stereocenters. The lowest BCUT2D eigenvalue weighted by molar-refractivity contribution is -0.144. The fourth-order valence-corrected chi connectivity index (χ4v) is 2.30. The molecule has 0 fully saturated rings. The Hall–Kier alpha value is -1.03. The third-order valence-electron chi connectivity index (χ3n) is 2.64. The molecule has 0 heterocycles. The summed E-state index contributed by atoms with van der Waals surface area (Å²) in [5.74, 6) is -0.356. The van der Waals surface area contributed by atoms with Crippen molar-refractivity contribution in [2.45, 2.75) is 46.1 Å². The maximum atomic E-state index is 10.9. The third-order valence-corrected chi connectivity index (χ3v) is 3.23. The molecule has 0 saturated carbocycles. The van der Waals surface area contributed by atoms with Crippen molar-refractivity contribution in [3.63, 3.8) is 0 Å². The second-order valence-corrected chi connectivity index (χ2v) is 6.33. The van der Waals surface area contributed by atoms with Crippen LogP contribution in [0.3, 0.4) is 0 Å². The van der Waals surface area contributed by atoms with Crippen LogP contribution in [0.5, 0.6) is 5.75 Å². The number of benzene rings is 1. The molecule has 1 N–H and O–H groups in total. The number of rotatable bonds is 3. The molecule has 100 valence electrons. The lowest BCUT2D eigenvalue weighted by Crippen LogP contribution is -2.25. The van der Waals surface area contributed by atoms with Gasteiger partial charge in [-0.25, -0.2) is 4.79 Å².